The number of benzene rings is 2. The first-order valence-corrected chi connectivity index (χ1v) is 9.31. The van der Waals surface area contributed by atoms with Crippen molar-refractivity contribution in [2.75, 3.05) is 36.6 Å². The Morgan fingerprint density at radius 3 is 2.52 bits per heavy atom. The Labute approximate surface area is 161 Å². The van der Waals surface area contributed by atoms with E-state index in [0.29, 0.717) is 35.0 Å². The molecule has 7 nitrogen and oxygen atoms in total. The zero-order chi connectivity index (χ0) is 19.2. The third-order valence-electron chi connectivity index (χ3n) is 3.97. The van der Waals surface area contributed by atoms with E-state index in [0.717, 1.165) is 0 Å². The van der Waals surface area contributed by atoms with Crippen molar-refractivity contribution in [3.63, 3.8) is 0 Å². The molecule has 1 aliphatic heterocycles. The van der Waals surface area contributed by atoms with Gasteiger partial charge in [-0.3, -0.25) is 14.4 Å². The molecule has 3 rings (SSSR count). The van der Waals surface area contributed by atoms with Crippen molar-refractivity contribution < 1.29 is 19.1 Å². The molecule has 0 spiro atoms. The average molecular weight is 385 g/mol. The molecule has 27 heavy (non-hydrogen) atoms. The highest BCUT2D eigenvalue weighted by atomic mass is 32.2. The van der Waals surface area contributed by atoms with E-state index in [1.807, 2.05) is 6.07 Å². The number of nitrogens with one attached hydrogen (secondary N) is 2. The van der Waals surface area contributed by atoms with Crippen molar-refractivity contribution >= 4 is 40.2 Å². The van der Waals surface area contributed by atoms with Crippen LogP contribution in [0.5, 0.6) is 5.75 Å². The van der Waals surface area contributed by atoms with Gasteiger partial charge >= 0.3 is 0 Å². The third kappa shape index (κ3) is 4.79. The van der Waals surface area contributed by atoms with Gasteiger partial charge in [-0.15, -0.1) is 0 Å². The highest BCUT2D eigenvalue weighted by Crippen LogP contribution is 2.24. The number of methoxy groups -OCH3 is 1. The molecule has 2 aromatic rings. The number of nitrogens with zero attached hydrogens (tertiary/aromatic N) is 1. The number of para-hydroxylation sites is 2. The number of anilines is 2. The lowest BCUT2D eigenvalue weighted by Crippen LogP contribution is -2.33. The van der Waals surface area contributed by atoms with Gasteiger partial charge in [0.2, 0.25) is 5.91 Å². The molecule has 0 unspecified atom stereocenters. The minimum Gasteiger partial charge on any atom is -0.495 e. The first-order valence-electron chi connectivity index (χ1n) is 8.33. The van der Waals surface area contributed by atoms with Gasteiger partial charge < -0.3 is 20.3 Å². The van der Waals surface area contributed by atoms with Gasteiger partial charge in [0.25, 0.3) is 11.1 Å². The number of carbonyl (C=O) groups excluding carboxylic acids is 3. The molecule has 0 aromatic heterocycles. The van der Waals surface area contributed by atoms with Gasteiger partial charge in [0.05, 0.1) is 12.8 Å². The maximum Gasteiger partial charge on any atom is 0.282 e. The molecule has 2 N–H and O–H groups in total. The molecule has 1 aliphatic rings. The topological polar surface area (TPSA) is 87.7 Å². The zero-order valence-corrected chi connectivity index (χ0v) is 15.5. The first-order chi connectivity index (χ1) is 13.1. The van der Waals surface area contributed by atoms with Crippen LogP contribution < -0.4 is 15.4 Å². The molecular weight excluding hydrogens is 366 g/mol. The van der Waals surface area contributed by atoms with Crippen molar-refractivity contribution in [2.45, 2.75) is 0 Å². The largest absolute Gasteiger partial charge is 0.495 e. The maximum absolute atomic E-state index is 12.4. The molecule has 0 radical (unpaired) electrons. The number of ether oxygens (including phenoxy) is 1. The fourth-order valence-corrected chi connectivity index (χ4v) is 3.42. The summed E-state index contributed by atoms with van der Waals surface area (Å²) in [5, 5.41) is 5.45. The number of hydrogen-bond acceptors (Lipinski definition) is 5. The summed E-state index contributed by atoms with van der Waals surface area (Å²) in [5.41, 5.74) is 1.59. The Balaban J connectivity index is 1.58. The third-order valence-corrected chi connectivity index (χ3v) is 4.86. The second-order valence-electron chi connectivity index (χ2n) is 5.82. The molecule has 1 heterocycles. The first kappa shape index (κ1) is 18.8. The summed E-state index contributed by atoms with van der Waals surface area (Å²) < 4.78 is 5.22. The second-order valence-corrected chi connectivity index (χ2v) is 6.86. The van der Waals surface area contributed by atoms with E-state index in [1.165, 1.54) is 23.8 Å². The van der Waals surface area contributed by atoms with Crippen molar-refractivity contribution in [2.24, 2.45) is 0 Å². The standard InChI is InChI=1S/C19H19N3O4S/c1-26-16-5-3-2-4-15(16)21-18(24)13-6-8-14(9-7-13)20-17(23)12-22-10-11-27-19(22)25/h2-9H,10-12H2,1H3,(H,20,23)(H,21,24). The Kier molecular flexibility index (Phi) is 5.97. The van der Waals surface area contributed by atoms with Crippen LogP contribution in [0.25, 0.3) is 0 Å². The van der Waals surface area contributed by atoms with Gasteiger partial charge in [0.15, 0.2) is 0 Å². The number of rotatable bonds is 6. The summed E-state index contributed by atoms with van der Waals surface area (Å²) in [5.74, 6) is 0.737. The van der Waals surface area contributed by atoms with E-state index in [4.69, 9.17) is 4.74 Å². The lowest BCUT2D eigenvalue weighted by atomic mass is 10.2. The van der Waals surface area contributed by atoms with E-state index < -0.39 is 0 Å². The van der Waals surface area contributed by atoms with Crippen LogP contribution in [0, 0.1) is 0 Å². The highest BCUT2D eigenvalue weighted by molar-refractivity contribution is 8.13. The van der Waals surface area contributed by atoms with Crippen LogP contribution in [0.3, 0.4) is 0 Å². The zero-order valence-electron chi connectivity index (χ0n) is 14.7. The molecule has 140 valence electrons. The van der Waals surface area contributed by atoms with Gasteiger partial charge in [-0.05, 0) is 36.4 Å². The minimum absolute atomic E-state index is 0.0296. The monoisotopic (exact) mass is 385 g/mol. The number of hydrogen-bond donors (Lipinski definition) is 2. The lowest BCUT2D eigenvalue weighted by molar-refractivity contribution is -0.116. The summed E-state index contributed by atoms with van der Waals surface area (Å²) in [4.78, 5) is 37.5. The quantitative estimate of drug-likeness (QED) is 0.798. The molecule has 1 fully saturated rings. The van der Waals surface area contributed by atoms with Crippen LogP contribution in [-0.2, 0) is 4.79 Å². The Morgan fingerprint density at radius 1 is 1.11 bits per heavy atom. The van der Waals surface area contributed by atoms with Crippen molar-refractivity contribution in [3.05, 3.63) is 54.1 Å². The predicted octanol–water partition coefficient (Wildman–Crippen LogP) is 3.05. The molecule has 1 saturated heterocycles. The Hall–Kier alpha value is -3.00. The van der Waals surface area contributed by atoms with Crippen LogP contribution in [-0.4, -0.2) is 47.9 Å². The van der Waals surface area contributed by atoms with Crippen molar-refractivity contribution in [3.8, 4) is 5.75 Å². The normalized spacial score (nSPS) is 13.4. The van der Waals surface area contributed by atoms with Gasteiger partial charge in [-0.1, -0.05) is 23.9 Å². The maximum atomic E-state index is 12.4. The molecule has 2 aromatic carbocycles. The van der Waals surface area contributed by atoms with Crippen LogP contribution >= 0.6 is 11.8 Å². The number of amides is 3. The molecule has 0 saturated carbocycles. The van der Waals surface area contributed by atoms with Crippen LogP contribution in [0.15, 0.2) is 48.5 Å². The van der Waals surface area contributed by atoms with Crippen LogP contribution in [0.1, 0.15) is 10.4 Å². The van der Waals surface area contributed by atoms with E-state index in [1.54, 1.807) is 42.5 Å². The minimum atomic E-state index is -0.280. The molecule has 3 amide bonds. The molecule has 0 aliphatic carbocycles. The average Bonchev–Trinajstić information content (AvgIpc) is 3.07. The summed E-state index contributed by atoms with van der Waals surface area (Å²) >= 11 is 1.22. The molecular formula is C19H19N3O4S. The van der Waals surface area contributed by atoms with Crippen LogP contribution in [0.4, 0.5) is 16.2 Å². The SMILES string of the molecule is COc1ccccc1NC(=O)c1ccc(NC(=O)CN2CCSC2=O)cc1. The molecule has 8 heteroatoms. The smallest absolute Gasteiger partial charge is 0.282 e. The van der Waals surface area contributed by atoms with E-state index in [-0.39, 0.29) is 23.6 Å². The molecule has 0 bridgehead atoms. The summed E-state index contributed by atoms with van der Waals surface area (Å²) in [6.07, 6.45) is 0. The fourth-order valence-electron chi connectivity index (χ4n) is 2.59. The van der Waals surface area contributed by atoms with Crippen LogP contribution in [0.2, 0.25) is 0 Å². The van der Waals surface area contributed by atoms with Gasteiger partial charge in [0, 0.05) is 23.5 Å². The number of carbonyl (C=O) groups is 3. The Bertz CT molecular complexity index is 854. The number of thioether (sulfide) groups is 1. The van der Waals surface area contributed by atoms with Gasteiger partial charge in [-0.25, -0.2) is 0 Å². The molecule has 0 atom stereocenters. The van der Waals surface area contributed by atoms with E-state index >= 15 is 0 Å². The lowest BCUT2D eigenvalue weighted by Gasteiger charge is -2.14. The van der Waals surface area contributed by atoms with E-state index in [2.05, 4.69) is 10.6 Å². The van der Waals surface area contributed by atoms with E-state index in [9.17, 15) is 14.4 Å². The summed E-state index contributed by atoms with van der Waals surface area (Å²) in [7, 11) is 1.54. The summed E-state index contributed by atoms with van der Waals surface area (Å²) in [6, 6.07) is 13.7. The predicted molar refractivity (Wildman–Crippen MR) is 105 cm³/mol. The highest BCUT2D eigenvalue weighted by Gasteiger charge is 2.23. The van der Waals surface area contributed by atoms with Gasteiger partial charge in [0.1, 0.15) is 12.3 Å². The Morgan fingerprint density at radius 2 is 1.85 bits per heavy atom. The summed E-state index contributed by atoms with van der Waals surface area (Å²) in [6.45, 7) is 0.612. The van der Waals surface area contributed by atoms with Crippen molar-refractivity contribution in [1.29, 1.82) is 0 Å². The fraction of sp³-hybridized carbons (Fsp3) is 0.211. The second kappa shape index (κ2) is 8.59. The van der Waals surface area contributed by atoms with Gasteiger partial charge in [-0.2, -0.15) is 0 Å². The van der Waals surface area contributed by atoms with Crippen molar-refractivity contribution in [1.82, 2.24) is 4.90 Å².